The molecule has 2 unspecified atom stereocenters. The van der Waals surface area contributed by atoms with Gasteiger partial charge in [0.05, 0.1) is 57.2 Å². The summed E-state index contributed by atoms with van der Waals surface area (Å²) < 4.78 is 0. The molecule has 0 radical (unpaired) electrons. The van der Waals surface area contributed by atoms with Crippen LogP contribution in [0.1, 0.15) is 99.3 Å². The highest BCUT2D eigenvalue weighted by atomic mass is 16.4. The summed E-state index contributed by atoms with van der Waals surface area (Å²) in [6.07, 6.45) is -0.219. The van der Waals surface area contributed by atoms with Gasteiger partial charge < -0.3 is 161 Å². The molecule has 0 saturated carbocycles. The van der Waals surface area contributed by atoms with E-state index in [9.17, 15) is 67.1 Å². The summed E-state index contributed by atoms with van der Waals surface area (Å²) in [5, 5.41) is 141. The van der Waals surface area contributed by atoms with E-state index in [4.69, 9.17) is 138 Å². The van der Waals surface area contributed by atoms with Crippen LogP contribution in [0.2, 0.25) is 0 Å². The summed E-state index contributed by atoms with van der Waals surface area (Å²) in [7, 11) is 0. The number of carbonyl (C=O) groups is 14. The van der Waals surface area contributed by atoms with Crippen molar-refractivity contribution in [3.63, 3.8) is 0 Å². The minimum absolute atomic E-state index is 0.0231. The summed E-state index contributed by atoms with van der Waals surface area (Å²) in [5.41, 5.74) is 54.1. The number of amides is 3. The van der Waals surface area contributed by atoms with Crippen LogP contribution in [0.4, 0.5) is 0 Å². The zero-order valence-electron chi connectivity index (χ0n) is 50.5. The van der Waals surface area contributed by atoms with E-state index in [1.54, 1.807) is 13.8 Å². The van der Waals surface area contributed by atoms with E-state index in [-0.39, 0.29) is 70.5 Å². The molecule has 44 nitrogen and oxygen atoms in total. The lowest BCUT2D eigenvalue weighted by atomic mass is 10.2. The molecule has 1 fully saturated rings. The predicted molar refractivity (Wildman–Crippen MR) is 310 cm³/mol. The molecule has 0 aromatic rings. The lowest BCUT2D eigenvalue weighted by Crippen LogP contribution is -2.40. The summed E-state index contributed by atoms with van der Waals surface area (Å²) >= 11 is 0. The van der Waals surface area contributed by atoms with E-state index in [1.165, 1.54) is 20.8 Å². The van der Waals surface area contributed by atoms with Gasteiger partial charge >= 0.3 is 65.7 Å². The van der Waals surface area contributed by atoms with Gasteiger partial charge in [0.2, 0.25) is 17.7 Å². The lowest BCUT2D eigenvalue weighted by Gasteiger charge is -2.03. The average molecular weight is 1330 g/mol. The maximum absolute atomic E-state index is 10.5. The molecule has 1 rings (SSSR count). The van der Waals surface area contributed by atoms with Crippen LogP contribution >= 0.6 is 0 Å². The summed E-state index contributed by atoms with van der Waals surface area (Å²) in [4.78, 5) is 139. The van der Waals surface area contributed by atoms with Gasteiger partial charge in [0.15, 0.2) is 0 Å². The van der Waals surface area contributed by atoms with E-state index >= 15 is 0 Å². The fourth-order valence-electron chi connectivity index (χ4n) is 2.70. The van der Waals surface area contributed by atoms with Crippen molar-refractivity contribution in [1.82, 2.24) is 10.6 Å². The van der Waals surface area contributed by atoms with Crippen molar-refractivity contribution in [2.24, 2.45) is 63.1 Å². The Morgan fingerprint density at radius 1 is 0.500 bits per heavy atom. The number of nitrogens with two attached hydrogens (primary N) is 11. The zero-order valence-corrected chi connectivity index (χ0v) is 50.5. The standard InChI is InChI=1S/C5H10N2O3.2C5H9NO4.C5H7NO3.C4H8N2O3.C4H12N2.C4H10O2.C3H7NO3.2C3H7NO2.C3H8O3.C2H5NO2/c1-3(6)5(10)7-2-4(8)9;2*6-3(5(9)10)1-2-4(7)8;7-4-2-1-3(6-4)5(8)9;5-2(4(8)9)1-3(6)7;1-2-3-4(5)6;1-3(5)4(2)6;4-2(1-5)3(6)7;2*1-2(4)3(5)6;4-1-3(6)2-5;3-1-2(4)5/h3H,2,6H2,1H3,(H,7,10)(H,8,9);2*3H,1-2,6H2,(H,7,8)(H,9,10);3H,1-2H2,(H,6,7)(H,8,9);2H,1,5H2,(H2,6,7)(H,8,9);4H,2-3,5-6H2,1H3;3-6H,1-2H3;2,5H,1,4H2,(H,6,7);2*2H,4H2,1H3,(H,5,6);3-6H,1-2H2;1,3H2,(H,4,5)/t4*3-;2-;;;3*2-;;/m00000..010../s1. The van der Waals surface area contributed by atoms with Gasteiger partial charge in [0.1, 0.15) is 54.9 Å². The van der Waals surface area contributed by atoms with Gasteiger partial charge in [-0.2, -0.15) is 0 Å². The molecular formula is C46H99N13O31. The van der Waals surface area contributed by atoms with E-state index < -0.39 is 151 Å². The van der Waals surface area contributed by atoms with Crippen molar-refractivity contribution in [3.8, 4) is 0 Å². The molecule has 0 aromatic heterocycles. The Balaban J connectivity index is -0.0000000846. The van der Waals surface area contributed by atoms with Crippen LogP contribution in [0.3, 0.4) is 0 Å². The number of aliphatic hydroxyl groups is 6. The third kappa shape index (κ3) is 111. The number of carboxylic acid groups (broad SMARTS) is 11. The molecule has 1 aliphatic heterocycles. The molecule has 1 aliphatic rings. The molecule has 534 valence electrons. The van der Waals surface area contributed by atoms with Gasteiger partial charge in [-0.05, 0) is 60.3 Å². The Labute approximate surface area is 515 Å². The van der Waals surface area contributed by atoms with E-state index in [2.05, 4.69) is 29.0 Å². The molecule has 0 aromatic carbocycles. The third-order valence-electron chi connectivity index (χ3n) is 8.04. The molecule has 90 heavy (non-hydrogen) atoms. The van der Waals surface area contributed by atoms with Crippen LogP contribution in [-0.2, 0) is 67.1 Å². The third-order valence-corrected chi connectivity index (χ3v) is 8.04. The quantitative estimate of drug-likeness (QED) is 0.0377. The molecule has 41 N–H and O–H groups in total. The smallest absolute Gasteiger partial charge is 0.326 e. The summed E-state index contributed by atoms with van der Waals surface area (Å²) in [5.74, 6) is -13.0. The Morgan fingerprint density at radius 2 is 0.822 bits per heavy atom. The van der Waals surface area contributed by atoms with Crippen molar-refractivity contribution >= 4 is 83.4 Å². The number of carboxylic acids is 11. The second kappa shape index (κ2) is 70.0. The Bertz CT molecular complexity index is 1920. The first-order chi connectivity index (χ1) is 40.8. The molecular weight excluding hydrogens is 1230 g/mol. The maximum Gasteiger partial charge on any atom is 0.326 e. The molecule has 0 spiro atoms. The highest BCUT2D eigenvalue weighted by Crippen LogP contribution is 2.05. The van der Waals surface area contributed by atoms with Crippen LogP contribution in [0, 0.1) is 0 Å². The number of hydrogen-bond acceptors (Lipinski definition) is 30. The monoisotopic (exact) mass is 1330 g/mol. The maximum atomic E-state index is 10.5. The van der Waals surface area contributed by atoms with Gasteiger partial charge in [-0.3, -0.25) is 62.3 Å². The highest BCUT2D eigenvalue weighted by Gasteiger charge is 2.26. The number of carbonyl (C=O) groups excluding carboxylic acids is 3. The molecule has 1 heterocycles. The number of hydrogen-bond donors (Lipinski definition) is 30. The number of nitrogens with one attached hydrogen (secondary N) is 2. The second-order valence-corrected chi connectivity index (χ2v) is 17.2. The first kappa shape index (κ1) is 107. The lowest BCUT2D eigenvalue weighted by molar-refractivity contribution is -0.141. The van der Waals surface area contributed by atoms with Crippen LogP contribution in [0.25, 0.3) is 0 Å². The van der Waals surface area contributed by atoms with E-state index in [0.717, 1.165) is 12.8 Å². The van der Waals surface area contributed by atoms with Crippen molar-refractivity contribution in [3.05, 3.63) is 0 Å². The normalized spacial score (nSPS) is 13.9. The molecule has 1 saturated heterocycles. The SMILES string of the molecule is CC(O)C(C)O.CCCC(N)N.C[C@@H](N)C(=O)O.C[C@H](N)C(=O)NCC(=O)O.C[C@H](N)C(=O)O.NC(=O)C[C@H](N)C(=O)O.NCC(=O)O.N[C@@H](CCC(=O)O)C(=O)O.N[C@@H](CCC(=O)O)C(=O)O.N[C@@H](CO)C(=O)O.O=C1CC[C@@H](C(=O)O)N1.OCC(O)CO. The summed E-state index contributed by atoms with van der Waals surface area (Å²) in [6.45, 7) is 7.59. The number of aliphatic hydroxyl groups excluding tert-OH is 6. The van der Waals surface area contributed by atoms with E-state index in [0.29, 0.717) is 12.8 Å². The van der Waals surface area contributed by atoms with Gasteiger partial charge in [-0.1, -0.05) is 13.3 Å². The van der Waals surface area contributed by atoms with Crippen molar-refractivity contribution in [2.45, 2.75) is 172 Å². The van der Waals surface area contributed by atoms with Gasteiger partial charge in [0.25, 0.3) is 0 Å². The van der Waals surface area contributed by atoms with Crippen LogP contribution in [0.5, 0.6) is 0 Å². The van der Waals surface area contributed by atoms with Crippen LogP contribution in [0.15, 0.2) is 0 Å². The highest BCUT2D eigenvalue weighted by molar-refractivity contribution is 5.87. The molecule has 3 amide bonds. The molecule has 44 heteroatoms. The average Bonchev–Trinajstić information content (AvgIpc) is 4.08. The first-order valence-corrected chi connectivity index (χ1v) is 25.5. The molecule has 0 bridgehead atoms. The fraction of sp³-hybridized carbons (Fsp3) is 0.696. The van der Waals surface area contributed by atoms with E-state index in [1.807, 2.05) is 0 Å². The predicted octanol–water partition coefficient (Wildman–Crippen LogP) is -10.9. The van der Waals surface area contributed by atoms with Crippen molar-refractivity contribution in [2.75, 3.05) is 32.9 Å². The first-order valence-electron chi connectivity index (χ1n) is 25.5. The fourth-order valence-corrected chi connectivity index (χ4v) is 2.70. The summed E-state index contributed by atoms with van der Waals surface area (Å²) in [6, 6.07) is -7.17. The molecule has 10 atom stereocenters. The second-order valence-electron chi connectivity index (χ2n) is 17.2. The Kier molecular flexibility index (Phi) is 83.0. The van der Waals surface area contributed by atoms with Gasteiger partial charge in [-0.15, -0.1) is 0 Å². The van der Waals surface area contributed by atoms with Gasteiger partial charge in [0, 0.05) is 19.3 Å². The topological polar surface area (TPSA) is 893 Å². The van der Waals surface area contributed by atoms with Crippen molar-refractivity contribution in [1.29, 1.82) is 0 Å². The number of rotatable bonds is 25. The van der Waals surface area contributed by atoms with Crippen molar-refractivity contribution < 1.29 is 154 Å². The van der Waals surface area contributed by atoms with Crippen LogP contribution in [-0.4, -0.2) is 276 Å². The number of primary amides is 1. The number of aliphatic carboxylic acids is 11. The minimum Gasteiger partial charge on any atom is -0.481 e. The Hall–Kier alpha value is -8.06. The zero-order chi connectivity index (χ0) is 74.3. The largest absolute Gasteiger partial charge is 0.481 e. The molecule has 0 aliphatic carbocycles. The van der Waals surface area contributed by atoms with Crippen LogP contribution < -0.4 is 73.7 Å². The Morgan fingerprint density at radius 3 is 0.922 bits per heavy atom. The minimum atomic E-state index is -1.21. The van der Waals surface area contributed by atoms with Gasteiger partial charge in [-0.25, -0.2) is 4.79 Å².